The minimum absolute atomic E-state index is 0.666. The molecule has 15 heavy (non-hydrogen) atoms. The molecule has 2 aromatic rings. The summed E-state index contributed by atoms with van der Waals surface area (Å²) >= 11 is 3.47. The number of halogens is 1. The number of hydrogen-bond donors (Lipinski definition) is 1. The fourth-order valence-corrected chi connectivity index (χ4v) is 1.67. The maximum Gasteiger partial charge on any atom is 0.151 e. The Kier molecular flexibility index (Phi) is 3.01. The van der Waals surface area contributed by atoms with Crippen molar-refractivity contribution in [1.29, 1.82) is 0 Å². The first-order valence-electron chi connectivity index (χ1n) is 4.58. The zero-order chi connectivity index (χ0) is 10.7. The Balaban J connectivity index is 2.06. The van der Waals surface area contributed by atoms with Crippen LogP contribution in [0.15, 0.2) is 35.1 Å². The van der Waals surface area contributed by atoms with Crippen molar-refractivity contribution >= 4 is 21.6 Å². The number of aryl methyl sites for hydroxylation is 1. The van der Waals surface area contributed by atoms with Gasteiger partial charge in [-0.2, -0.15) is 0 Å². The minimum Gasteiger partial charge on any atom is -0.377 e. The molecular formula is C10H11BrN4. The lowest BCUT2D eigenvalue weighted by Crippen LogP contribution is -2.05. The molecule has 0 fully saturated rings. The molecule has 0 saturated carbocycles. The van der Waals surface area contributed by atoms with Crippen molar-refractivity contribution < 1.29 is 0 Å². The van der Waals surface area contributed by atoms with Gasteiger partial charge in [0, 0.05) is 17.2 Å². The summed E-state index contributed by atoms with van der Waals surface area (Å²) in [6.07, 6.45) is 1.69. The van der Waals surface area contributed by atoms with Crippen LogP contribution in [0.1, 0.15) is 5.82 Å². The molecule has 1 aromatic carbocycles. The first kappa shape index (κ1) is 10.2. The summed E-state index contributed by atoms with van der Waals surface area (Å²) in [5.74, 6) is 0.908. The van der Waals surface area contributed by atoms with E-state index in [2.05, 4.69) is 31.4 Å². The average Bonchev–Trinajstić information content (AvgIpc) is 2.63. The van der Waals surface area contributed by atoms with E-state index in [-0.39, 0.29) is 0 Å². The Hall–Kier alpha value is -1.36. The molecule has 0 aliphatic rings. The van der Waals surface area contributed by atoms with Crippen molar-refractivity contribution in [2.24, 2.45) is 7.05 Å². The van der Waals surface area contributed by atoms with Crippen LogP contribution in [0.5, 0.6) is 0 Å². The molecule has 0 saturated heterocycles. The van der Waals surface area contributed by atoms with Crippen LogP contribution in [0.4, 0.5) is 5.69 Å². The molecule has 1 N–H and O–H groups in total. The highest BCUT2D eigenvalue weighted by molar-refractivity contribution is 9.10. The molecule has 0 atom stereocenters. The average molecular weight is 267 g/mol. The van der Waals surface area contributed by atoms with Crippen molar-refractivity contribution in [3.63, 3.8) is 0 Å². The van der Waals surface area contributed by atoms with Gasteiger partial charge in [-0.05, 0) is 28.1 Å². The summed E-state index contributed by atoms with van der Waals surface area (Å²) < 4.78 is 2.94. The fourth-order valence-electron chi connectivity index (χ4n) is 1.25. The standard InChI is InChI=1S/C10H11BrN4/c1-15-7-13-14-10(15)6-12-9-5-3-2-4-8(9)11/h2-5,7,12H,6H2,1H3. The third kappa shape index (κ3) is 2.36. The summed E-state index contributed by atoms with van der Waals surface area (Å²) in [5.41, 5.74) is 1.06. The predicted octanol–water partition coefficient (Wildman–Crippen LogP) is 2.19. The number of para-hydroxylation sites is 1. The van der Waals surface area contributed by atoms with Gasteiger partial charge in [-0.1, -0.05) is 12.1 Å². The summed E-state index contributed by atoms with van der Waals surface area (Å²) in [4.78, 5) is 0. The number of hydrogen-bond acceptors (Lipinski definition) is 3. The van der Waals surface area contributed by atoms with Crippen LogP contribution in [0.25, 0.3) is 0 Å². The lowest BCUT2D eigenvalue weighted by molar-refractivity contribution is 0.812. The molecule has 5 heteroatoms. The molecule has 78 valence electrons. The summed E-state index contributed by atoms with van der Waals surface area (Å²) in [6, 6.07) is 7.99. The van der Waals surface area contributed by atoms with E-state index in [9.17, 15) is 0 Å². The van der Waals surface area contributed by atoms with Crippen LogP contribution in [0.3, 0.4) is 0 Å². The van der Waals surface area contributed by atoms with Gasteiger partial charge in [-0.25, -0.2) is 0 Å². The van der Waals surface area contributed by atoms with Gasteiger partial charge >= 0.3 is 0 Å². The quantitative estimate of drug-likeness (QED) is 0.926. The van der Waals surface area contributed by atoms with E-state index in [1.54, 1.807) is 6.33 Å². The van der Waals surface area contributed by atoms with Crippen LogP contribution in [-0.4, -0.2) is 14.8 Å². The lowest BCUT2D eigenvalue weighted by Gasteiger charge is -2.07. The van der Waals surface area contributed by atoms with E-state index in [1.807, 2.05) is 35.9 Å². The Morgan fingerprint density at radius 3 is 2.87 bits per heavy atom. The monoisotopic (exact) mass is 266 g/mol. The molecule has 1 heterocycles. The number of rotatable bonds is 3. The number of nitrogens with zero attached hydrogens (tertiary/aromatic N) is 3. The molecule has 2 rings (SSSR count). The van der Waals surface area contributed by atoms with Crippen molar-refractivity contribution in [3.05, 3.63) is 40.9 Å². The van der Waals surface area contributed by atoms with Crippen LogP contribution in [-0.2, 0) is 13.6 Å². The number of benzene rings is 1. The summed E-state index contributed by atoms with van der Waals surface area (Å²) in [5, 5.41) is 11.1. The zero-order valence-corrected chi connectivity index (χ0v) is 9.90. The zero-order valence-electron chi connectivity index (χ0n) is 8.31. The maximum absolute atomic E-state index is 4.00. The molecule has 0 unspecified atom stereocenters. The topological polar surface area (TPSA) is 42.7 Å². The van der Waals surface area contributed by atoms with E-state index >= 15 is 0 Å². The van der Waals surface area contributed by atoms with Gasteiger partial charge in [0.1, 0.15) is 6.33 Å². The van der Waals surface area contributed by atoms with E-state index in [0.29, 0.717) is 6.54 Å². The molecule has 0 aliphatic carbocycles. The SMILES string of the molecule is Cn1cnnc1CNc1ccccc1Br. The Morgan fingerprint density at radius 1 is 1.40 bits per heavy atom. The van der Waals surface area contributed by atoms with Gasteiger partial charge < -0.3 is 9.88 Å². The predicted molar refractivity (Wildman–Crippen MR) is 62.5 cm³/mol. The highest BCUT2D eigenvalue weighted by Crippen LogP contribution is 2.21. The second-order valence-corrected chi connectivity index (χ2v) is 4.05. The van der Waals surface area contributed by atoms with Crippen molar-refractivity contribution in [2.75, 3.05) is 5.32 Å². The third-order valence-corrected chi connectivity index (χ3v) is 2.81. The number of nitrogens with one attached hydrogen (secondary N) is 1. The molecule has 0 bridgehead atoms. The molecule has 1 aromatic heterocycles. The van der Waals surface area contributed by atoms with Gasteiger partial charge in [0.05, 0.1) is 6.54 Å². The molecular weight excluding hydrogens is 256 g/mol. The van der Waals surface area contributed by atoms with Gasteiger partial charge in [0.2, 0.25) is 0 Å². The lowest BCUT2D eigenvalue weighted by atomic mass is 10.3. The first-order valence-corrected chi connectivity index (χ1v) is 5.38. The number of anilines is 1. The third-order valence-electron chi connectivity index (χ3n) is 2.12. The normalized spacial score (nSPS) is 10.3. The van der Waals surface area contributed by atoms with Gasteiger partial charge in [-0.3, -0.25) is 0 Å². The fraction of sp³-hybridized carbons (Fsp3) is 0.200. The van der Waals surface area contributed by atoms with Crippen molar-refractivity contribution in [1.82, 2.24) is 14.8 Å². The molecule has 0 amide bonds. The second kappa shape index (κ2) is 4.44. The summed E-state index contributed by atoms with van der Waals surface area (Å²) in [7, 11) is 1.93. The van der Waals surface area contributed by atoms with Crippen LogP contribution < -0.4 is 5.32 Å². The minimum atomic E-state index is 0.666. The second-order valence-electron chi connectivity index (χ2n) is 3.19. The largest absolute Gasteiger partial charge is 0.377 e. The molecule has 0 spiro atoms. The van der Waals surface area contributed by atoms with E-state index < -0.39 is 0 Å². The molecule has 0 radical (unpaired) electrons. The van der Waals surface area contributed by atoms with Crippen LogP contribution in [0.2, 0.25) is 0 Å². The van der Waals surface area contributed by atoms with Crippen LogP contribution >= 0.6 is 15.9 Å². The van der Waals surface area contributed by atoms with E-state index in [0.717, 1.165) is 16.0 Å². The number of aromatic nitrogens is 3. The maximum atomic E-state index is 4.00. The van der Waals surface area contributed by atoms with E-state index in [4.69, 9.17) is 0 Å². The van der Waals surface area contributed by atoms with Gasteiger partial charge in [0.25, 0.3) is 0 Å². The first-order chi connectivity index (χ1) is 7.27. The van der Waals surface area contributed by atoms with E-state index in [1.165, 1.54) is 0 Å². The Bertz CT molecular complexity index is 452. The molecule has 4 nitrogen and oxygen atoms in total. The summed E-state index contributed by atoms with van der Waals surface area (Å²) in [6.45, 7) is 0.666. The van der Waals surface area contributed by atoms with Crippen molar-refractivity contribution in [3.8, 4) is 0 Å². The van der Waals surface area contributed by atoms with Gasteiger partial charge in [-0.15, -0.1) is 10.2 Å². The smallest absolute Gasteiger partial charge is 0.151 e. The highest BCUT2D eigenvalue weighted by Gasteiger charge is 2.01. The molecule has 0 aliphatic heterocycles. The Morgan fingerprint density at radius 2 is 2.20 bits per heavy atom. The Labute approximate surface area is 96.5 Å². The highest BCUT2D eigenvalue weighted by atomic mass is 79.9. The van der Waals surface area contributed by atoms with Gasteiger partial charge in [0.15, 0.2) is 5.82 Å². The van der Waals surface area contributed by atoms with Crippen LogP contribution in [0, 0.1) is 0 Å². The van der Waals surface area contributed by atoms with Crippen molar-refractivity contribution in [2.45, 2.75) is 6.54 Å².